The number of rotatable bonds is 3. The van der Waals surface area contributed by atoms with Gasteiger partial charge in [0.15, 0.2) is 0 Å². The highest BCUT2D eigenvalue weighted by atomic mass is 19.1. The van der Waals surface area contributed by atoms with Crippen LogP contribution in [-0.2, 0) is 4.79 Å². The predicted octanol–water partition coefficient (Wildman–Crippen LogP) is 1.64. The molecule has 0 aromatic heterocycles. The molecule has 1 saturated heterocycles. The second-order valence-corrected chi connectivity index (χ2v) is 5.16. The lowest BCUT2D eigenvalue weighted by molar-refractivity contribution is -0.117. The van der Waals surface area contributed by atoms with Crippen LogP contribution in [0.5, 0.6) is 0 Å². The predicted molar refractivity (Wildman–Crippen MR) is 74.0 cm³/mol. The van der Waals surface area contributed by atoms with Gasteiger partial charge in [-0.15, -0.1) is 0 Å². The van der Waals surface area contributed by atoms with E-state index < -0.39 is 0 Å². The molecular formula is C14H18FN3O2. The molecule has 2 N–H and O–H groups in total. The maximum absolute atomic E-state index is 13.2. The summed E-state index contributed by atoms with van der Waals surface area (Å²) in [4.78, 5) is 25.0. The number of nitrogens with one attached hydrogen (secondary N) is 2. The fraction of sp³-hybridized carbons (Fsp3) is 0.429. The third-order valence-electron chi connectivity index (χ3n) is 3.00. The summed E-state index contributed by atoms with van der Waals surface area (Å²) in [6.45, 7) is 4.07. The van der Waals surface area contributed by atoms with Gasteiger partial charge in [0.1, 0.15) is 5.82 Å². The molecule has 1 aliphatic rings. The van der Waals surface area contributed by atoms with E-state index in [4.69, 9.17) is 0 Å². The maximum atomic E-state index is 13.2. The molecule has 3 amide bonds. The Balaban J connectivity index is 1.99. The van der Waals surface area contributed by atoms with Crippen molar-refractivity contribution in [3.05, 3.63) is 30.1 Å². The van der Waals surface area contributed by atoms with Gasteiger partial charge in [-0.2, -0.15) is 0 Å². The summed E-state index contributed by atoms with van der Waals surface area (Å²) < 4.78 is 13.2. The fourth-order valence-electron chi connectivity index (χ4n) is 2.19. The Bertz CT molecular complexity index is 519. The molecule has 2 rings (SSSR count). The Morgan fingerprint density at radius 2 is 2.20 bits per heavy atom. The van der Waals surface area contributed by atoms with Crippen LogP contribution < -0.4 is 15.5 Å². The molecule has 6 heteroatoms. The number of benzene rings is 1. The molecule has 1 aromatic rings. The zero-order valence-electron chi connectivity index (χ0n) is 11.5. The number of halogens is 1. The molecule has 0 radical (unpaired) electrons. The highest BCUT2D eigenvalue weighted by Gasteiger charge is 2.31. The van der Waals surface area contributed by atoms with Gasteiger partial charge < -0.3 is 15.5 Å². The van der Waals surface area contributed by atoms with Gasteiger partial charge in [0, 0.05) is 24.7 Å². The second kappa shape index (κ2) is 5.90. The van der Waals surface area contributed by atoms with Crippen LogP contribution in [0.2, 0.25) is 0 Å². The Morgan fingerprint density at radius 1 is 1.45 bits per heavy atom. The van der Waals surface area contributed by atoms with Crippen LogP contribution in [0.25, 0.3) is 0 Å². The minimum absolute atomic E-state index is 0.0337. The Hall–Kier alpha value is -2.11. The van der Waals surface area contributed by atoms with E-state index in [0.717, 1.165) is 0 Å². The summed E-state index contributed by atoms with van der Waals surface area (Å²) in [5, 5.41) is 5.46. The molecule has 1 aliphatic heterocycles. The van der Waals surface area contributed by atoms with E-state index in [1.807, 2.05) is 13.8 Å². The molecule has 0 spiro atoms. The summed E-state index contributed by atoms with van der Waals surface area (Å²) in [6.07, 6.45) is 0.224. The van der Waals surface area contributed by atoms with E-state index in [9.17, 15) is 14.0 Å². The third-order valence-corrected chi connectivity index (χ3v) is 3.00. The number of hydrogen-bond donors (Lipinski definition) is 2. The van der Waals surface area contributed by atoms with Crippen LogP contribution >= 0.6 is 0 Å². The van der Waals surface area contributed by atoms with Crippen molar-refractivity contribution < 1.29 is 14.0 Å². The topological polar surface area (TPSA) is 61.4 Å². The summed E-state index contributed by atoms with van der Waals surface area (Å²) in [5.74, 6) is -0.505. The maximum Gasteiger partial charge on any atom is 0.315 e. The van der Waals surface area contributed by atoms with Crippen LogP contribution in [0.15, 0.2) is 24.3 Å². The Kier molecular flexibility index (Phi) is 4.22. The molecule has 0 aliphatic carbocycles. The molecule has 0 saturated carbocycles. The van der Waals surface area contributed by atoms with Gasteiger partial charge in [-0.1, -0.05) is 6.07 Å². The van der Waals surface area contributed by atoms with Crippen molar-refractivity contribution in [2.24, 2.45) is 0 Å². The van der Waals surface area contributed by atoms with Gasteiger partial charge in [0.2, 0.25) is 5.91 Å². The molecule has 1 heterocycles. The van der Waals surface area contributed by atoms with E-state index in [1.165, 1.54) is 17.0 Å². The van der Waals surface area contributed by atoms with Crippen molar-refractivity contribution in [3.8, 4) is 0 Å². The van der Waals surface area contributed by atoms with E-state index >= 15 is 0 Å². The number of urea groups is 1. The minimum atomic E-state index is -0.385. The third kappa shape index (κ3) is 3.46. The van der Waals surface area contributed by atoms with Gasteiger partial charge in [-0.3, -0.25) is 4.79 Å². The molecule has 1 atom stereocenters. The number of nitrogens with zero attached hydrogens (tertiary/aromatic N) is 1. The minimum Gasteiger partial charge on any atom is -0.336 e. The van der Waals surface area contributed by atoms with Crippen LogP contribution in [-0.4, -0.2) is 30.6 Å². The van der Waals surface area contributed by atoms with Crippen molar-refractivity contribution >= 4 is 17.6 Å². The SMILES string of the molecule is CC(C)NC(=O)N[C@H]1CC(=O)N(c2cccc(F)c2)C1. The molecule has 5 nitrogen and oxygen atoms in total. The van der Waals surface area contributed by atoms with Crippen LogP contribution in [0.3, 0.4) is 0 Å². The zero-order valence-corrected chi connectivity index (χ0v) is 11.5. The van der Waals surface area contributed by atoms with Crippen molar-refractivity contribution in [1.82, 2.24) is 10.6 Å². The lowest BCUT2D eigenvalue weighted by atomic mass is 10.2. The first-order valence-corrected chi connectivity index (χ1v) is 6.58. The highest BCUT2D eigenvalue weighted by molar-refractivity contribution is 5.96. The van der Waals surface area contributed by atoms with E-state index in [2.05, 4.69) is 10.6 Å². The quantitative estimate of drug-likeness (QED) is 0.883. The average molecular weight is 279 g/mol. The first kappa shape index (κ1) is 14.3. The molecule has 20 heavy (non-hydrogen) atoms. The van der Waals surface area contributed by atoms with E-state index in [1.54, 1.807) is 12.1 Å². The number of carbonyl (C=O) groups excluding carboxylic acids is 2. The number of anilines is 1. The van der Waals surface area contributed by atoms with Crippen LogP contribution in [0.4, 0.5) is 14.9 Å². The zero-order chi connectivity index (χ0) is 14.7. The Labute approximate surface area is 117 Å². The van der Waals surface area contributed by atoms with Crippen molar-refractivity contribution in [2.75, 3.05) is 11.4 Å². The van der Waals surface area contributed by atoms with Gasteiger partial charge in [0.25, 0.3) is 0 Å². The van der Waals surface area contributed by atoms with E-state index in [-0.39, 0.29) is 36.3 Å². The summed E-state index contributed by atoms with van der Waals surface area (Å²) in [7, 11) is 0. The molecule has 0 unspecified atom stereocenters. The molecule has 108 valence electrons. The first-order chi connectivity index (χ1) is 9.45. The Morgan fingerprint density at radius 3 is 2.85 bits per heavy atom. The largest absolute Gasteiger partial charge is 0.336 e. The highest BCUT2D eigenvalue weighted by Crippen LogP contribution is 2.22. The summed E-state index contributed by atoms with van der Waals surface area (Å²) >= 11 is 0. The number of amides is 3. The smallest absolute Gasteiger partial charge is 0.315 e. The fourth-order valence-corrected chi connectivity index (χ4v) is 2.19. The lowest BCUT2D eigenvalue weighted by Gasteiger charge is -2.18. The van der Waals surface area contributed by atoms with Gasteiger partial charge in [0.05, 0.1) is 6.04 Å². The molecule has 0 bridgehead atoms. The molecular weight excluding hydrogens is 261 g/mol. The average Bonchev–Trinajstić information content (AvgIpc) is 2.68. The standard InChI is InChI=1S/C14H18FN3O2/c1-9(2)16-14(20)17-11-7-13(19)18(8-11)12-5-3-4-10(15)6-12/h3-6,9,11H,7-8H2,1-2H3,(H2,16,17,20)/t11-/m0/s1. The summed E-state index contributed by atoms with van der Waals surface area (Å²) in [5.41, 5.74) is 0.517. The molecule has 1 aromatic carbocycles. The van der Waals surface area contributed by atoms with Crippen LogP contribution in [0.1, 0.15) is 20.3 Å². The monoisotopic (exact) mass is 279 g/mol. The van der Waals surface area contributed by atoms with Gasteiger partial charge in [-0.25, -0.2) is 9.18 Å². The lowest BCUT2D eigenvalue weighted by Crippen LogP contribution is -2.45. The van der Waals surface area contributed by atoms with Crippen molar-refractivity contribution in [3.63, 3.8) is 0 Å². The van der Waals surface area contributed by atoms with E-state index in [0.29, 0.717) is 12.2 Å². The van der Waals surface area contributed by atoms with Gasteiger partial charge >= 0.3 is 6.03 Å². The second-order valence-electron chi connectivity index (χ2n) is 5.16. The van der Waals surface area contributed by atoms with Gasteiger partial charge in [-0.05, 0) is 32.0 Å². The normalized spacial score (nSPS) is 18.5. The summed E-state index contributed by atoms with van der Waals surface area (Å²) in [6, 6.07) is 5.36. The van der Waals surface area contributed by atoms with Crippen molar-refractivity contribution in [2.45, 2.75) is 32.4 Å². The number of carbonyl (C=O) groups is 2. The number of hydrogen-bond acceptors (Lipinski definition) is 2. The van der Waals surface area contributed by atoms with Crippen LogP contribution in [0, 0.1) is 5.82 Å². The molecule has 1 fully saturated rings. The van der Waals surface area contributed by atoms with Crippen molar-refractivity contribution in [1.29, 1.82) is 0 Å². The first-order valence-electron chi connectivity index (χ1n) is 6.58.